The Labute approximate surface area is 146 Å². The van der Waals surface area contributed by atoms with Crippen LogP contribution in [0.1, 0.15) is 20.7 Å². The SMILES string of the molecule is O=C1NC(=O)c2c1c(-c1ccccc1)cc1sc3ccc(O)cc3c21. The van der Waals surface area contributed by atoms with Crippen LogP contribution in [0.15, 0.2) is 54.6 Å². The third-order valence-corrected chi connectivity index (χ3v) is 5.63. The summed E-state index contributed by atoms with van der Waals surface area (Å²) in [6.07, 6.45) is 0. The van der Waals surface area contributed by atoms with E-state index < -0.39 is 0 Å². The van der Waals surface area contributed by atoms with Crippen molar-refractivity contribution in [3.8, 4) is 16.9 Å². The highest BCUT2D eigenvalue weighted by atomic mass is 32.1. The smallest absolute Gasteiger partial charge is 0.259 e. The molecular formula is C20H11NO3S. The average molecular weight is 345 g/mol. The zero-order valence-corrected chi connectivity index (χ0v) is 13.7. The number of amides is 2. The minimum atomic E-state index is -0.383. The van der Waals surface area contributed by atoms with Gasteiger partial charge in [-0.1, -0.05) is 30.3 Å². The van der Waals surface area contributed by atoms with E-state index in [4.69, 9.17) is 0 Å². The van der Waals surface area contributed by atoms with Gasteiger partial charge in [0.05, 0.1) is 11.1 Å². The molecule has 4 aromatic rings. The van der Waals surface area contributed by atoms with Gasteiger partial charge in [0.1, 0.15) is 5.75 Å². The lowest BCUT2D eigenvalue weighted by Gasteiger charge is -2.08. The molecule has 2 N–H and O–H groups in total. The minimum Gasteiger partial charge on any atom is -0.508 e. The summed E-state index contributed by atoms with van der Waals surface area (Å²) in [5.74, 6) is -0.621. The van der Waals surface area contributed by atoms with E-state index in [9.17, 15) is 14.7 Å². The zero-order chi connectivity index (χ0) is 17.1. The maximum absolute atomic E-state index is 12.5. The first kappa shape index (κ1) is 14.2. The van der Waals surface area contributed by atoms with Crippen molar-refractivity contribution in [2.24, 2.45) is 0 Å². The van der Waals surface area contributed by atoms with Crippen LogP contribution in [0, 0.1) is 0 Å². The molecule has 120 valence electrons. The van der Waals surface area contributed by atoms with Crippen molar-refractivity contribution in [3.05, 3.63) is 65.7 Å². The number of rotatable bonds is 1. The maximum Gasteiger partial charge on any atom is 0.259 e. The highest BCUT2D eigenvalue weighted by Crippen LogP contribution is 2.43. The summed E-state index contributed by atoms with van der Waals surface area (Å²) < 4.78 is 1.88. The molecule has 1 aromatic heterocycles. The van der Waals surface area contributed by atoms with Crippen LogP contribution < -0.4 is 5.32 Å². The molecule has 0 aliphatic carbocycles. The summed E-state index contributed by atoms with van der Waals surface area (Å²) >= 11 is 1.55. The Balaban J connectivity index is 1.99. The number of carbonyl (C=O) groups excluding carboxylic acids is 2. The molecular weight excluding hydrogens is 334 g/mol. The fraction of sp³-hybridized carbons (Fsp3) is 0. The Morgan fingerprint density at radius 2 is 1.60 bits per heavy atom. The number of hydrogen-bond acceptors (Lipinski definition) is 4. The van der Waals surface area contributed by atoms with E-state index in [2.05, 4.69) is 5.32 Å². The van der Waals surface area contributed by atoms with Crippen molar-refractivity contribution in [2.75, 3.05) is 0 Å². The average Bonchev–Trinajstić information content (AvgIpc) is 3.12. The summed E-state index contributed by atoms with van der Waals surface area (Å²) in [4.78, 5) is 25.0. The Kier molecular flexibility index (Phi) is 2.79. The van der Waals surface area contributed by atoms with Gasteiger partial charge in [0.2, 0.25) is 0 Å². The van der Waals surface area contributed by atoms with Gasteiger partial charge in [0, 0.05) is 20.2 Å². The molecule has 5 heteroatoms. The molecule has 4 nitrogen and oxygen atoms in total. The van der Waals surface area contributed by atoms with E-state index >= 15 is 0 Å². The molecule has 5 rings (SSSR count). The van der Waals surface area contributed by atoms with E-state index in [1.807, 2.05) is 42.5 Å². The molecule has 0 bridgehead atoms. The normalized spacial score (nSPS) is 13.4. The molecule has 1 aliphatic rings. The molecule has 0 saturated carbocycles. The third-order valence-electron chi connectivity index (χ3n) is 4.51. The number of phenolic OH excluding ortho intramolecular Hbond substituents is 1. The molecule has 25 heavy (non-hydrogen) atoms. The first-order valence-corrected chi connectivity index (χ1v) is 8.58. The van der Waals surface area contributed by atoms with Crippen LogP contribution in [0.2, 0.25) is 0 Å². The van der Waals surface area contributed by atoms with E-state index in [1.165, 1.54) is 0 Å². The Morgan fingerprint density at radius 3 is 2.40 bits per heavy atom. The summed E-state index contributed by atoms with van der Waals surface area (Å²) in [6, 6.07) is 16.6. The second kappa shape index (κ2) is 4.91. The van der Waals surface area contributed by atoms with Gasteiger partial charge in [-0.2, -0.15) is 0 Å². The van der Waals surface area contributed by atoms with Crippen molar-refractivity contribution in [3.63, 3.8) is 0 Å². The largest absolute Gasteiger partial charge is 0.508 e. The van der Waals surface area contributed by atoms with Gasteiger partial charge >= 0.3 is 0 Å². The Morgan fingerprint density at radius 1 is 0.840 bits per heavy atom. The first-order chi connectivity index (χ1) is 12.1. The van der Waals surface area contributed by atoms with Crippen LogP contribution in [0.3, 0.4) is 0 Å². The van der Waals surface area contributed by atoms with Crippen LogP contribution in [-0.2, 0) is 0 Å². The summed E-state index contributed by atoms with van der Waals surface area (Å²) in [5, 5.41) is 13.8. The molecule has 3 aromatic carbocycles. The molecule has 0 unspecified atom stereocenters. The predicted octanol–water partition coefficient (Wildman–Crippen LogP) is 4.31. The highest BCUT2D eigenvalue weighted by molar-refractivity contribution is 7.26. The molecule has 0 atom stereocenters. The van der Waals surface area contributed by atoms with E-state index in [0.717, 1.165) is 31.3 Å². The molecule has 0 fully saturated rings. The number of fused-ring (bicyclic) bond motifs is 5. The van der Waals surface area contributed by atoms with Gasteiger partial charge in [0.25, 0.3) is 11.8 Å². The van der Waals surface area contributed by atoms with Gasteiger partial charge in [-0.15, -0.1) is 11.3 Å². The fourth-order valence-corrected chi connectivity index (χ4v) is 4.60. The van der Waals surface area contributed by atoms with Crippen LogP contribution in [0.5, 0.6) is 5.75 Å². The van der Waals surface area contributed by atoms with E-state index in [0.29, 0.717) is 11.1 Å². The van der Waals surface area contributed by atoms with Gasteiger partial charge in [-0.25, -0.2) is 0 Å². The van der Waals surface area contributed by atoms with Crippen molar-refractivity contribution >= 4 is 43.3 Å². The van der Waals surface area contributed by atoms with Crippen molar-refractivity contribution in [2.45, 2.75) is 0 Å². The second-order valence-corrected chi connectivity index (χ2v) is 7.06. The van der Waals surface area contributed by atoms with E-state index in [-0.39, 0.29) is 17.6 Å². The van der Waals surface area contributed by atoms with Crippen LogP contribution in [0.4, 0.5) is 0 Å². The summed E-state index contributed by atoms with van der Waals surface area (Å²) in [6.45, 7) is 0. The number of aromatic hydroxyl groups is 1. The lowest BCUT2D eigenvalue weighted by atomic mass is 9.93. The van der Waals surface area contributed by atoms with Gasteiger partial charge in [-0.05, 0) is 35.4 Å². The third kappa shape index (κ3) is 1.93. The Bertz CT molecular complexity index is 1210. The lowest BCUT2D eigenvalue weighted by molar-refractivity contribution is 0.0880. The van der Waals surface area contributed by atoms with Crippen LogP contribution >= 0.6 is 11.3 Å². The first-order valence-electron chi connectivity index (χ1n) is 7.77. The number of hydrogen-bond donors (Lipinski definition) is 2. The molecule has 0 spiro atoms. The zero-order valence-electron chi connectivity index (χ0n) is 12.9. The topological polar surface area (TPSA) is 66.4 Å². The number of phenols is 1. The highest BCUT2D eigenvalue weighted by Gasteiger charge is 2.33. The van der Waals surface area contributed by atoms with Crippen molar-refractivity contribution < 1.29 is 14.7 Å². The monoisotopic (exact) mass is 345 g/mol. The second-order valence-electron chi connectivity index (χ2n) is 5.98. The molecule has 2 heterocycles. The number of imide groups is 1. The number of thiophene rings is 1. The quantitative estimate of drug-likeness (QED) is 0.505. The minimum absolute atomic E-state index is 0.137. The van der Waals surface area contributed by atoms with Gasteiger partial charge in [0.15, 0.2) is 0 Å². The summed E-state index contributed by atoms with van der Waals surface area (Å²) in [5.41, 5.74) is 2.46. The molecule has 0 radical (unpaired) electrons. The number of carbonyl (C=O) groups is 2. The van der Waals surface area contributed by atoms with Gasteiger partial charge in [-0.3, -0.25) is 14.9 Å². The number of nitrogens with one attached hydrogen (secondary N) is 1. The standard InChI is InChI=1S/C20H11NO3S/c22-11-6-7-14-13(8-11)16-15(25-14)9-12(10-4-2-1-3-5-10)17-18(16)20(24)21-19(17)23/h1-9,22H,(H,21,23,24). The fourth-order valence-electron chi connectivity index (χ4n) is 3.46. The lowest BCUT2D eigenvalue weighted by Crippen LogP contribution is -2.20. The van der Waals surface area contributed by atoms with Crippen molar-refractivity contribution in [1.29, 1.82) is 0 Å². The Hall–Kier alpha value is -3.18. The molecule has 1 aliphatic heterocycles. The van der Waals surface area contributed by atoms with E-state index in [1.54, 1.807) is 23.5 Å². The van der Waals surface area contributed by atoms with Crippen LogP contribution in [-0.4, -0.2) is 16.9 Å². The predicted molar refractivity (Wildman–Crippen MR) is 98.2 cm³/mol. The van der Waals surface area contributed by atoms with Crippen LogP contribution in [0.25, 0.3) is 31.3 Å². The van der Waals surface area contributed by atoms with Gasteiger partial charge < -0.3 is 5.11 Å². The van der Waals surface area contributed by atoms with Crippen molar-refractivity contribution in [1.82, 2.24) is 5.32 Å². The maximum atomic E-state index is 12.5. The summed E-state index contributed by atoms with van der Waals surface area (Å²) in [7, 11) is 0. The molecule has 0 saturated heterocycles. The molecule has 2 amide bonds. The number of benzene rings is 3.